The fourth-order valence-electron chi connectivity index (χ4n) is 1.34. The van der Waals surface area contributed by atoms with Gasteiger partial charge in [-0.15, -0.1) is 0 Å². The molecule has 100 valence electrons. The zero-order chi connectivity index (χ0) is 13.7. The summed E-state index contributed by atoms with van der Waals surface area (Å²) in [7, 11) is 4.52. The lowest BCUT2D eigenvalue weighted by molar-refractivity contribution is -0.168. The quantitative estimate of drug-likeness (QED) is 0.612. The second-order valence-electron chi connectivity index (χ2n) is 3.50. The lowest BCUT2D eigenvalue weighted by atomic mass is 10.1. The van der Waals surface area contributed by atoms with Crippen molar-refractivity contribution in [3.63, 3.8) is 0 Å². The van der Waals surface area contributed by atoms with E-state index < -0.39 is 0 Å². The lowest BCUT2D eigenvalue weighted by Crippen LogP contribution is -2.25. The van der Waals surface area contributed by atoms with Gasteiger partial charge in [-0.1, -0.05) is 11.6 Å². The molecule has 0 saturated heterocycles. The molecule has 5 nitrogen and oxygen atoms in total. The molecule has 1 amide bonds. The highest BCUT2D eigenvalue weighted by atomic mass is 79.9. The van der Waals surface area contributed by atoms with Crippen LogP contribution in [0.15, 0.2) is 10.5 Å². The van der Waals surface area contributed by atoms with E-state index in [1.165, 1.54) is 19.3 Å². The summed E-state index contributed by atoms with van der Waals surface area (Å²) in [5.74, 6) is 0.293. The van der Waals surface area contributed by atoms with E-state index in [4.69, 9.17) is 21.2 Å². The topological polar surface area (TPSA) is 51.7 Å². The Morgan fingerprint density at radius 1 is 1.56 bits per heavy atom. The van der Waals surface area contributed by atoms with Gasteiger partial charge in [0.15, 0.2) is 0 Å². The first-order chi connectivity index (χ1) is 8.49. The SMILES string of the molecule is COc1nc(Cl)cc(CCC(=O)N(C)OC)c1Br. The summed E-state index contributed by atoms with van der Waals surface area (Å²) >= 11 is 9.25. The van der Waals surface area contributed by atoms with Crippen molar-refractivity contribution in [3.05, 3.63) is 21.3 Å². The lowest BCUT2D eigenvalue weighted by Gasteiger charge is -2.14. The number of hydroxylamine groups is 2. The Labute approximate surface area is 119 Å². The number of aryl methyl sites for hydroxylation is 1. The van der Waals surface area contributed by atoms with Crippen LogP contribution in [0, 0.1) is 0 Å². The summed E-state index contributed by atoms with van der Waals surface area (Å²) < 4.78 is 5.79. The van der Waals surface area contributed by atoms with Crippen molar-refractivity contribution in [1.29, 1.82) is 0 Å². The van der Waals surface area contributed by atoms with Crippen LogP contribution in [0.2, 0.25) is 5.15 Å². The van der Waals surface area contributed by atoms with Crippen molar-refractivity contribution in [2.24, 2.45) is 0 Å². The molecule has 0 aliphatic rings. The third kappa shape index (κ3) is 3.83. The largest absolute Gasteiger partial charge is 0.480 e. The molecular formula is C11H14BrClN2O3. The van der Waals surface area contributed by atoms with Gasteiger partial charge in [-0.2, -0.15) is 0 Å². The molecule has 1 heterocycles. The van der Waals surface area contributed by atoms with E-state index in [1.54, 1.807) is 13.1 Å². The van der Waals surface area contributed by atoms with E-state index in [2.05, 4.69) is 20.9 Å². The monoisotopic (exact) mass is 336 g/mol. The zero-order valence-electron chi connectivity index (χ0n) is 10.4. The average Bonchev–Trinajstić information content (AvgIpc) is 2.37. The Morgan fingerprint density at radius 3 is 2.78 bits per heavy atom. The number of rotatable bonds is 5. The molecule has 1 aromatic rings. The van der Waals surface area contributed by atoms with Gasteiger partial charge < -0.3 is 4.74 Å². The van der Waals surface area contributed by atoms with Gasteiger partial charge in [-0.3, -0.25) is 9.63 Å². The number of ether oxygens (including phenoxy) is 1. The van der Waals surface area contributed by atoms with Crippen LogP contribution >= 0.6 is 27.5 Å². The van der Waals surface area contributed by atoms with Crippen LogP contribution in [0.3, 0.4) is 0 Å². The number of amides is 1. The highest BCUT2D eigenvalue weighted by Crippen LogP contribution is 2.29. The highest BCUT2D eigenvalue weighted by molar-refractivity contribution is 9.10. The summed E-state index contributed by atoms with van der Waals surface area (Å²) in [4.78, 5) is 20.4. The third-order valence-electron chi connectivity index (χ3n) is 2.40. The van der Waals surface area contributed by atoms with Gasteiger partial charge in [0.1, 0.15) is 5.15 Å². The number of nitrogens with zero attached hydrogens (tertiary/aromatic N) is 2. The van der Waals surface area contributed by atoms with Gasteiger partial charge in [0.05, 0.1) is 18.7 Å². The maximum atomic E-state index is 11.6. The number of hydrogen-bond acceptors (Lipinski definition) is 4. The molecule has 18 heavy (non-hydrogen) atoms. The molecule has 7 heteroatoms. The van der Waals surface area contributed by atoms with Crippen LogP contribution in [0.25, 0.3) is 0 Å². The van der Waals surface area contributed by atoms with Crippen LogP contribution in [0.5, 0.6) is 5.88 Å². The molecule has 0 aliphatic heterocycles. The second kappa shape index (κ2) is 6.92. The van der Waals surface area contributed by atoms with Crippen molar-refractivity contribution in [3.8, 4) is 5.88 Å². The Hall–Kier alpha value is -0.850. The van der Waals surface area contributed by atoms with Crippen molar-refractivity contribution in [2.45, 2.75) is 12.8 Å². The molecule has 0 N–H and O–H groups in total. The van der Waals surface area contributed by atoms with Crippen molar-refractivity contribution in [1.82, 2.24) is 10.0 Å². The first kappa shape index (κ1) is 15.2. The minimum Gasteiger partial charge on any atom is -0.480 e. The Morgan fingerprint density at radius 2 is 2.22 bits per heavy atom. The zero-order valence-corrected chi connectivity index (χ0v) is 12.7. The molecule has 1 aromatic heterocycles. The van der Waals surface area contributed by atoms with E-state index in [1.807, 2.05) is 0 Å². The number of carbonyl (C=O) groups is 1. The summed E-state index contributed by atoms with van der Waals surface area (Å²) in [6.07, 6.45) is 0.832. The number of halogens is 2. The summed E-state index contributed by atoms with van der Waals surface area (Å²) in [5, 5.41) is 1.52. The Balaban J connectivity index is 2.79. The van der Waals surface area contributed by atoms with Gasteiger partial charge in [-0.05, 0) is 34.0 Å². The van der Waals surface area contributed by atoms with Gasteiger partial charge in [-0.25, -0.2) is 10.0 Å². The maximum absolute atomic E-state index is 11.6. The van der Waals surface area contributed by atoms with Crippen molar-refractivity contribution in [2.75, 3.05) is 21.3 Å². The molecule has 0 saturated carbocycles. The van der Waals surface area contributed by atoms with Gasteiger partial charge >= 0.3 is 0 Å². The Kier molecular flexibility index (Phi) is 5.84. The van der Waals surface area contributed by atoms with Crippen molar-refractivity contribution < 1.29 is 14.4 Å². The molecule has 0 spiro atoms. The molecule has 0 unspecified atom stereocenters. The van der Waals surface area contributed by atoms with Crippen LogP contribution < -0.4 is 4.74 Å². The van der Waals surface area contributed by atoms with Gasteiger partial charge in [0.25, 0.3) is 0 Å². The van der Waals surface area contributed by atoms with Crippen LogP contribution in [-0.4, -0.2) is 37.2 Å². The maximum Gasteiger partial charge on any atom is 0.246 e. The van der Waals surface area contributed by atoms with E-state index in [9.17, 15) is 4.79 Å². The first-order valence-electron chi connectivity index (χ1n) is 5.19. The van der Waals surface area contributed by atoms with Gasteiger partial charge in [0, 0.05) is 13.5 Å². The fourth-order valence-corrected chi connectivity index (χ4v) is 2.11. The van der Waals surface area contributed by atoms with Crippen molar-refractivity contribution >= 4 is 33.4 Å². The molecule has 1 rings (SSSR count). The molecular weight excluding hydrogens is 323 g/mol. The normalized spacial score (nSPS) is 10.3. The van der Waals surface area contributed by atoms with Crippen LogP contribution in [0.1, 0.15) is 12.0 Å². The van der Waals surface area contributed by atoms with Crippen LogP contribution in [-0.2, 0) is 16.1 Å². The molecule has 0 atom stereocenters. The highest BCUT2D eigenvalue weighted by Gasteiger charge is 2.13. The number of aromatic nitrogens is 1. The molecule has 0 aliphatic carbocycles. The predicted molar refractivity (Wildman–Crippen MR) is 71.6 cm³/mol. The number of hydrogen-bond donors (Lipinski definition) is 0. The van der Waals surface area contributed by atoms with E-state index >= 15 is 0 Å². The third-order valence-corrected chi connectivity index (χ3v) is 3.44. The summed E-state index contributed by atoms with van der Waals surface area (Å²) in [6.45, 7) is 0. The second-order valence-corrected chi connectivity index (χ2v) is 4.68. The number of methoxy groups -OCH3 is 1. The molecule has 0 bridgehead atoms. The summed E-state index contributed by atoms with van der Waals surface area (Å²) in [6, 6.07) is 1.70. The minimum atomic E-state index is -0.115. The fraction of sp³-hybridized carbons (Fsp3) is 0.455. The average molecular weight is 338 g/mol. The van der Waals surface area contributed by atoms with Gasteiger partial charge in [0.2, 0.25) is 11.8 Å². The minimum absolute atomic E-state index is 0.115. The Bertz CT molecular complexity index is 443. The van der Waals surface area contributed by atoms with Crippen LogP contribution in [0.4, 0.5) is 0 Å². The van der Waals surface area contributed by atoms with E-state index in [-0.39, 0.29) is 5.91 Å². The standard InChI is InChI=1S/C11H14BrClN2O3/c1-15(18-3)9(16)5-4-7-6-8(13)14-11(17-2)10(7)12/h6H,4-5H2,1-3H3. The molecule has 0 aromatic carbocycles. The molecule has 0 fully saturated rings. The molecule has 0 radical (unpaired) electrons. The predicted octanol–water partition coefficient (Wildman–Crippen LogP) is 2.46. The number of pyridine rings is 1. The van der Waals surface area contributed by atoms with E-state index in [0.29, 0.717) is 28.3 Å². The smallest absolute Gasteiger partial charge is 0.246 e. The first-order valence-corrected chi connectivity index (χ1v) is 6.36. The van der Waals surface area contributed by atoms with E-state index in [0.717, 1.165) is 5.56 Å². The summed E-state index contributed by atoms with van der Waals surface area (Å²) in [5.41, 5.74) is 0.865. The number of carbonyl (C=O) groups excluding carboxylic acids is 1.